The SMILES string of the molecule is CC1(C)c2ccccc2-c2cc3c4c(c21)-c1cccc2c5c(n(c12)B4c1cccc2c1N3c1ccccc1[Si]21c2ccccc2-c2ccccc21)C(C)(C)c1ccccc1-5. The van der Waals surface area contributed by atoms with Crippen molar-refractivity contribution in [3.63, 3.8) is 0 Å². The molecule has 280 valence electrons. The van der Waals surface area contributed by atoms with Crippen molar-refractivity contribution in [1.82, 2.24) is 4.48 Å². The third-order valence-corrected chi connectivity index (χ3v) is 20.8. The number of nitrogens with zero attached hydrogens (tertiary/aromatic N) is 2. The Morgan fingerprint density at radius 2 is 1.05 bits per heavy atom. The summed E-state index contributed by atoms with van der Waals surface area (Å²) in [5, 5.41) is 7.39. The molecular weight excluding hydrogens is 740 g/mol. The van der Waals surface area contributed by atoms with Crippen LogP contribution in [0.15, 0.2) is 164 Å². The highest BCUT2D eigenvalue weighted by Crippen LogP contribution is 2.60. The van der Waals surface area contributed by atoms with Crippen molar-refractivity contribution >= 4 is 74.6 Å². The van der Waals surface area contributed by atoms with Crippen LogP contribution in [-0.4, -0.2) is 19.4 Å². The molecule has 1 spiro atoms. The number of fused-ring (bicyclic) bond motifs is 22. The molecule has 0 saturated carbocycles. The molecule has 2 aliphatic carbocycles. The van der Waals surface area contributed by atoms with Crippen LogP contribution in [0.3, 0.4) is 0 Å². The molecular formula is C56H39BN2Si. The Labute approximate surface area is 351 Å². The molecule has 0 unspecified atom stereocenters. The van der Waals surface area contributed by atoms with Crippen LogP contribution in [0.4, 0.5) is 17.1 Å². The average Bonchev–Trinajstić information content (AvgIpc) is 3.94. The quantitative estimate of drug-likeness (QED) is 0.140. The summed E-state index contributed by atoms with van der Waals surface area (Å²) in [5.41, 5.74) is 24.9. The Morgan fingerprint density at radius 3 is 1.80 bits per heavy atom. The third-order valence-electron chi connectivity index (χ3n) is 15.9. The molecule has 5 heterocycles. The summed E-state index contributed by atoms with van der Waals surface area (Å²) >= 11 is 0. The molecule has 6 aliphatic rings. The van der Waals surface area contributed by atoms with Gasteiger partial charge in [0.1, 0.15) is 0 Å². The average molecular weight is 779 g/mol. The topological polar surface area (TPSA) is 8.17 Å². The maximum absolute atomic E-state index is 2.85. The Bertz CT molecular complexity index is 3490. The lowest BCUT2D eigenvalue weighted by Crippen LogP contribution is -2.77. The van der Waals surface area contributed by atoms with Crippen LogP contribution >= 0.6 is 0 Å². The molecule has 2 nitrogen and oxygen atoms in total. The maximum atomic E-state index is 2.85. The number of para-hydroxylation sites is 3. The Balaban J connectivity index is 1.17. The van der Waals surface area contributed by atoms with Gasteiger partial charge in [0.05, 0.1) is 0 Å². The van der Waals surface area contributed by atoms with Crippen molar-refractivity contribution < 1.29 is 0 Å². The molecule has 8 aromatic carbocycles. The highest BCUT2D eigenvalue weighted by atomic mass is 28.3. The summed E-state index contributed by atoms with van der Waals surface area (Å²) in [5.74, 6) is 0. The van der Waals surface area contributed by atoms with E-state index in [4.69, 9.17) is 0 Å². The van der Waals surface area contributed by atoms with Crippen molar-refractivity contribution in [3.05, 3.63) is 186 Å². The zero-order valence-corrected chi connectivity index (χ0v) is 35.1. The number of hydrogen-bond acceptors (Lipinski definition) is 1. The second-order valence-electron chi connectivity index (χ2n) is 19.1. The molecule has 0 radical (unpaired) electrons. The van der Waals surface area contributed by atoms with Crippen molar-refractivity contribution in [2.75, 3.05) is 4.90 Å². The molecule has 15 rings (SSSR count). The van der Waals surface area contributed by atoms with Gasteiger partial charge in [-0.2, -0.15) is 0 Å². The molecule has 60 heavy (non-hydrogen) atoms. The zero-order chi connectivity index (χ0) is 39.6. The van der Waals surface area contributed by atoms with Gasteiger partial charge >= 0.3 is 6.85 Å². The second-order valence-corrected chi connectivity index (χ2v) is 22.7. The lowest BCUT2D eigenvalue weighted by atomic mass is 9.44. The minimum atomic E-state index is -2.79. The molecule has 0 fully saturated rings. The van der Waals surface area contributed by atoms with Crippen LogP contribution in [0.25, 0.3) is 55.4 Å². The third kappa shape index (κ3) is 3.25. The monoisotopic (exact) mass is 778 g/mol. The first-order valence-electron chi connectivity index (χ1n) is 21.7. The van der Waals surface area contributed by atoms with Crippen LogP contribution in [0.1, 0.15) is 50.1 Å². The molecule has 0 amide bonds. The maximum Gasteiger partial charge on any atom is 0.332 e. The van der Waals surface area contributed by atoms with E-state index in [1.165, 1.54) is 127 Å². The fraction of sp³-hybridized carbons (Fsp3) is 0.107. The van der Waals surface area contributed by atoms with Crippen molar-refractivity contribution in [2.45, 2.75) is 38.5 Å². The smallest absolute Gasteiger partial charge is 0.332 e. The molecule has 9 aromatic rings. The number of anilines is 3. The minimum Gasteiger partial charge on any atom is -0.378 e. The van der Waals surface area contributed by atoms with Gasteiger partial charge in [0.25, 0.3) is 0 Å². The fourth-order valence-electron chi connectivity index (χ4n) is 13.8. The Hall–Kier alpha value is -6.62. The van der Waals surface area contributed by atoms with Gasteiger partial charge in [0.2, 0.25) is 0 Å². The van der Waals surface area contributed by atoms with Crippen molar-refractivity contribution in [2.24, 2.45) is 0 Å². The molecule has 4 aliphatic heterocycles. The predicted molar refractivity (Wildman–Crippen MR) is 254 cm³/mol. The summed E-state index contributed by atoms with van der Waals surface area (Å²) < 4.78 is 2.85. The lowest BCUT2D eigenvalue weighted by Gasteiger charge is -2.49. The van der Waals surface area contributed by atoms with Crippen LogP contribution in [0.5, 0.6) is 0 Å². The normalized spacial score (nSPS) is 17.0. The van der Waals surface area contributed by atoms with Gasteiger partial charge in [-0.1, -0.05) is 179 Å². The Kier molecular flexibility index (Phi) is 5.49. The summed E-state index contributed by atoms with van der Waals surface area (Å²) in [6, 6.07) is 63.9. The minimum absolute atomic E-state index is 0.0102. The zero-order valence-electron chi connectivity index (χ0n) is 34.1. The van der Waals surface area contributed by atoms with Crippen molar-refractivity contribution in [3.8, 4) is 44.5 Å². The van der Waals surface area contributed by atoms with Gasteiger partial charge < -0.3 is 9.38 Å². The highest BCUT2D eigenvalue weighted by molar-refractivity contribution is 7.24. The largest absolute Gasteiger partial charge is 0.378 e. The second kappa shape index (κ2) is 10.2. The summed E-state index contributed by atoms with van der Waals surface area (Å²) in [6.07, 6.45) is 0. The number of benzene rings is 8. The molecule has 0 saturated heterocycles. The molecule has 4 heteroatoms. The van der Waals surface area contributed by atoms with Crippen LogP contribution in [0, 0.1) is 0 Å². The van der Waals surface area contributed by atoms with Gasteiger partial charge in [-0.15, -0.1) is 0 Å². The van der Waals surface area contributed by atoms with E-state index in [0.717, 1.165) is 0 Å². The fourth-order valence-corrected chi connectivity index (χ4v) is 19.4. The van der Waals surface area contributed by atoms with E-state index in [1.54, 1.807) is 0 Å². The number of aromatic nitrogens is 1. The summed E-state index contributed by atoms with van der Waals surface area (Å²) in [4.78, 5) is 2.74. The van der Waals surface area contributed by atoms with Crippen LogP contribution in [0.2, 0.25) is 0 Å². The number of hydrogen-bond donors (Lipinski definition) is 0. The first-order valence-corrected chi connectivity index (χ1v) is 23.7. The van der Waals surface area contributed by atoms with E-state index < -0.39 is 8.07 Å². The Morgan fingerprint density at radius 1 is 0.467 bits per heavy atom. The standard InChI is InChI=1S/C56H39BN2Si/c1-55(2)39-23-9-5-17-32(39)38-31-43-51-49(50(38)55)37-22-15-21-36-48-35-20-6-10-24-40(35)56(3,4)54(48)59(52(36)37)57(51)41-25-16-30-47-53(41)58(43)42-26-11-14-29-46(42)60(47)44-27-12-7-18-33(44)34-19-8-13-28-45(34)60/h5-31H,1-4H3. The molecule has 0 N–H and O–H groups in total. The van der Waals surface area contributed by atoms with Gasteiger partial charge in [0, 0.05) is 55.6 Å². The van der Waals surface area contributed by atoms with E-state index in [2.05, 4.69) is 201 Å². The molecule has 0 atom stereocenters. The first-order chi connectivity index (χ1) is 29.3. The first kappa shape index (κ1) is 32.3. The summed E-state index contributed by atoms with van der Waals surface area (Å²) in [6.45, 7) is 9.87. The van der Waals surface area contributed by atoms with E-state index in [-0.39, 0.29) is 17.7 Å². The van der Waals surface area contributed by atoms with Gasteiger partial charge in [0.15, 0.2) is 8.07 Å². The van der Waals surface area contributed by atoms with E-state index in [1.807, 2.05) is 0 Å². The van der Waals surface area contributed by atoms with Gasteiger partial charge in [-0.25, -0.2) is 0 Å². The molecule has 0 bridgehead atoms. The summed E-state index contributed by atoms with van der Waals surface area (Å²) in [7, 11) is -2.79. The van der Waals surface area contributed by atoms with Crippen molar-refractivity contribution in [1.29, 1.82) is 0 Å². The van der Waals surface area contributed by atoms with Gasteiger partial charge in [-0.3, -0.25) is 0 Å². The van der Waals surface area contributed by atoms with E-state index in [0.29, 0.717) is 0 Å². The lowest BCUT2D eigenvalue weighted by molar-refractivity contribution is 0.632. The van der Waals surface area contributed by atoms with Gasteiger partial charge in [-0.05, 0) is 93.9 Å². The molecule has 1 aromatic heterocycles. The van der Waals surface area contributed by atoms with E-state index >= 15 is 0 Å². The predicted octanol–water partition coefficient (Wildman–Crippen LogP) is 9.34. The van der Waals surface area contributed by atoms with Crippen LogP contribution < -0.4 is 36.6 Å². The number of rotatable bonds is 0. The van der Waals surface area contributed by atoms with E-state index in [9.17, 15) is 0 Å². The van der Waals surface area contributed by atoms with Crippen LogP contribution in [-0.2, 0) is 10.8 Å². The highest BCUT2D eigenvalue weighted by Gasteiger charge is 2.58.